The Balaban J connectivity index is 2.18. The number of halogens is 2. The average molecular weight is 257 g/mol. The monoisotopic (exact) mass is 257 g/mol. The van der Waals surface area contributed by atoms with Crippen LogP contribution in [0.25, 0.3) is 0 Å². The van der Waals surface area contributed by atoms with Crippen molar-refractivity contribution in [2.24, 2.45) is 5.92 Å². The topological polar surface area (TPSA) is 29.9 Å². The molecule has 2 atom stereocenters. The molecule has 0 saturated heterocycles. The van der Waals surface area contributed by atoms with E-state index in [1.807, 2.05) is 24.6 Å². The van der Waals surface area contributed by atoms with Crippen molar-refractivity contribution in [3.63, 3.8) is 0 Å². The molecule has 3 nitrogen and oxygen atoms in total. The minimum atomic E-state index is -2.49. The molecule has 1 aromatic rings. The fourth-order valence-corrected chi connectivity index (χ4v) is 2.87. The van der Waals surface area contributed by atoms with Gasteiger partial charge in [-0.1, -0.05) is 6.92 Å². The van der Waals surface area contributed by atoms with Gasteiger partial charge in [-0.2, -0.15) is 5.10 Å². The maximum absolute atomic E-state index is 13.4. The summed E-state index contributed by atoms with van der Waals surface area (Å²) in [5, 5.41) is 7.58. The van der Waals surface area contributed by atoms with Gasteiger partial charge >= 0.3 is 0 Å². The van der Waals surface area contributed by atoms with Gasteiger partial charge in [0.1, 0.15) is 0 Å². The molecule has 0 bridgehead atoms. The number of aryl methyl sites for hydroxylation is 1. The van der Waals surface area contributed by atoms with Crippen molar-refractivity contribution in [1.82, 2.24) is 15.1 Å². The van der Waals surface area contributed by atoms with Crippen LogP contribution in [0.1, 0.15) is 44.8 Å². The van der Waals surface area contributed by atoms with Crippen LogP contribution in [-0.4, -0.2) is 22.2 Å². The molecule has 0 aromatic carbocycles. The van der Waals surface area contributed by atoms with Crippen molar-refractivity contribution in [3.8, 4) is 0 Å². The second-order valence-electron chi connectivity index (χ2n) is 4.97. The van der Waals surface area contributed by atoms with Gasteiger partial charge < -0.3 is 5.32 Å². The average Bonchev–Trinajstić information content (AvgIpc) is 2.92. The second-order valence-corrected chi connectivity index (χ2v) is 4.97. The summed E-state index contributed by atoms with van der Waals surface area (Å²) in [4.78, 5) is 0. The lowest BCUT2D eigenvalue weighted by Gasteiger charge is -2.25. The van der Waals surface area contributed by atoms with Gasteiger partial charge in [0.2, 0.25) is 5.92 Å². The first kappa shape index (κ1) is 13.5. The Morgan fingerprint density at radius 1 is 1.56 bits per heavy atom. The normalized spacial score (nSPS) is 24.3. The van der Waals surface area contributed by atoms with E-state index in [9.17, 15) is 8.78 Å². The first-order chi connectivity index (χ1) is 8.57. The zero-order valence-corrected chi connectivity index (χ0v) is 11.0. The van der Waals surface area contributed by atoms with E-state index < -0.39 is 5.92 Å². The molecule has 1 fully saturated rings. The van der Waals surface area contributed by atoms with E-state index >= 15 is 0 Å². The van der Waals surface area contributed by atoms with Gasteiger partial charge in [0.15, 0.2) is 0 Å². The smallest absolute Gasteiger partial charge is 0.248 e. The Morgan fingerprint density at radius 2 is 2.33 bits per heavy atom. The number of alkyl halides is 2. The minimum absolute atomic E-state index is 0.00181. The van der Waals surface area contributed by atoms with E-state index in [0.29, 0.717) is 6.42 Å². The molecule has 0 radical (unpaired) electrons. The predicted molar refractivity (Wildman–Crippen MR) is 66.6 cm³/mol. The molecule has 5 heteroatoms. The van der Waals surface area contributed by atoms with Gasteiger partial charge in [0.25, 0.3) is 0 Å². The first-order valence-electron chi connectivity index (χ1n) is 6.70. The van der Waals surface area contributed by atoms with E-state index in [1.165, 1.54) is 0 Å². The summed E-state index contributed by atoms with van der Waals surface area (Å²) in [7, 11) is 0. The van der Waals surface area contributed by atoms with Crippen molar-refractivity contribution in [3.05, 3.63) is 18.0 Å². The zero-order valence-electron chi connectivity index (χ0n) is 11.0. The number of aromatic nitrogens is 2. The molecule has 2 unspecified atom stereocenters. The minimum Gasteiger partial charge on any atom is -0.309 e. The molecule has 1 aliphatic rings. The molecule has 2 rings (SSSR count). The summed E-state index contributed by atoms with van der Waals surface area (Å²) in [6.07, 6.45) is 2.33. The van der Waals surface area contributed by atoms with Crippen molar-refractivity contribution >= 4 is 0 Å². The van der Waals surface area contributed by atoms with Gasteiger partial charge in [0.05, 0.1) is 11.7 Å². The lowest BCUT2D eigenvalue weighted by Crippen LogP contribution is -2.30. The summed E-state index contributed by atoms with van der Waals surface area (Å²) in [6.45, 7) is 5.57. The first-order valence-corrected chi connectivity index (χ1v) is 6.70. The summed E-state index contributed by atoms with van der Waals surface area (Å²) in [5.41, 5.74) is 1.03. The van der Waals surface area contributed by atoms with Gasteiger partial charge in [-0.05, 0) is 31.9 Å². The van der Waals surface area contributed by atoms with Crippen LogP contribution in [0, 0.1) is 5.92 Å². The van der Waals surface area contributed by atoms with E-state index in [1.54, 1.807) is 6.20 Å². The van der Waals surface area contributed by atoms with Crippen LogP contribution >= 0.6 is 0 Å². The number of nitrogens with zero attached hydrogens (tertiary/aromatic N) is 2. The predicted octanol–water partition coefficient (Wildman–Crippen LogP) is 2.99. The molecule has 1 aromatic heterocycles. The Hall–Kier alpha value is -0.970. The zero-order chi connectivity index (χ0) is 13.2. The highest BCUT2D eigenvalue weighted by molar-refractivity contribution is 5.10. The van der Waals surface area contributed by atoms with Crippen molar-refractivity contribution < 1.29 is 8.78 Å². The third kappa shape index (κ3) is 2.71. The van der Waals surface area contributed by atoms with Crippen LogP contribution in [0.4, 0.5) is 8.78 Å². The molecule has 0 spiro atoms. The lowest BCUT2D eigenvalue weighted by atomic mass is 9.95. The van der Waals surface area contributed by atoms with Crippen molar-refractivity contribution in [2.75, 3.05) is 6.54 Å². The molecular formula is C13H21F2N3. The lowest BCUT2D eigenvalue weighted by molar-refractivity contribution is 0.00314. The fraction of sp³-hybridized carbons (Fsp3) is 0.769. The van der Waals surface area contributed by atoms with Crippen molar-refractivity contribution in [1.29, 1.82) is 0 Å². The largest absolute Gasteiger partial charge is 0.309 e. The molecule has 0 amide bonds. The third-order valence-electron chi connectivity index (χ3n) is 3.70. The molecular weight excluding hydrogens is 236 g/mol. The highest BCUT2D eigenvalue weighted by Gasteiger charge is 2.43. The Labute approximate surface area is 107 Å². The molecule has 1 N–H and O–H groups in total. The molecule has 102 valence electrons. The van der Waals surface area contributed by atoms with E-state index in [-0.39, 0.29) is 24.8 Å². The Morgan fingerprint density at radius 3 is 2.89 bits per heavy atom. The highest BCUT2D eigenvalue weighted by Crippen LogP contribution is 2.44. The fourth-order valence-electron chi connectivity index (χ4n) is 2.87. The molecule has 1 heterocycles. The van der Waals surface area contributed by atoms with Crippen LogP contribution in [0.15, 0.2) is 12.3 Å². The molecule has 1 aliphatic carbocycles. The Kier molecular flexibility index (Phi) is 4.00. The standard InChI is InChI=1S/C13H21F2N3/c1-3-16-12(10-5-7-13(14,15)9-10)11-6-8-17-18(11)4-2/h6,8,10,12,16H,3-5,7,9H2,1-2H3. The van der Waals surface area contributed by atoms with E-state index in [4.69, 9.17) is 0 Å². The van der Waals surface area contributed by atoms with Crippen LogP contribution in [-0.2, 0) is 6.54 Å². The van der Waals surface area contributed by atoms with Crippen LogP contribution in [0.5, 0.6) is 0 Å². The van der Waals surface area contributed by atoms with Gasteiger partial charge in [-0.3, -0.25) is 4.68 Å². The van der Waals surface area contributed by atoms with Crippen molar-refractivity contribution in [2.45, 2.75) is 51.6 Å². The highest BCUT2D eigenvalue weighted by atomic mass is 19.3. The summed E-state index contributed by atoms with van der Waals surface area (Å²) >= 11 is 0. The van der Waals surface area contributed by atoms with Gasteiger partial charge in [-0.25, -0.2) is 8.78 Å². The third-order valence-corrected chi connectivity index (χ3v) is 3.70. The SMILES string of the molecule is CCNC(c1ccnn1CC)C1CCC(F)(F)C1. The number of hydrogen-bond donors (Lipinski definition) is 1. The number of rotatable bonds is 5. The van der Waals surface area contributed by atoms with Crippen LogP contribution < -0.4 is 5.32 Å². The molecule has 1 saturated carbocycles. The summed E-state index contributed by atoms with van der Waals surface area (Å²) in [5.74, 6) is -2.49. The summed E-state index contributed by atoms with van der Waals surface area (Å²) < 4.78 is 28.6. The maximum atomic E-state index is 13.4. The maximum Gasteiger partial charge on any atom is 0.248 e. The molecule has 0 aliphatic heterocycles. The number of hydrogen-bond acceptors (Lipinski definition) is 2. The number of nitrogens with one attached hydrogen (secondary N) is 1. The van der Waals surface area contributed by atoms with E-state index in [0.717, 1.165) is 18.8 Å². The molecule has 18 heavy (non-hydrogen) atoms. The quantitative estimate of drug-likeness (QED) is 0.878. The van der Waals surface area contributed by atoms with E-state index in [2.05, 4.69) is 10.4 Å². The summed E-state index contributed by atoms with van der Waals surface area (Å²) in [6, 6.07) is 1.93. The Bertz CT molecular complexity index is 389. The van der Waals surface area contributed by atoms with Gasteiger partial charge in [-0.15, -0.1) is 0 Å². The van der Waals surface area contributed by atoms with Crippen LogP contribution in [0.2, 0.25) is 0 Å². The second kappa shape index (κ2) is 5.34. The van der Waals surface area contributed by atoms with Crippen LogP contribution in [0.3, 0.4) is 0 Å². The van der Waals surface area contributed by atoms with Gasteiger partial charge in [0, 0.05) is 25.6 Å².